The highest BCUT2D eigenvalue weighted by Gasteiger charge is 2.42. The highest BCUT2D eigenvalue weighted by molar-refractivity contribution is 9.11. The van der Waals surface area contributed by atoms with Gasteiger partial charge in [-0.2, -0.15) is 0 Å². The van der Waals surface area contributed by atoms with Crippen LogP contribution in [0.15, 0.2) is 93.4 Å². The van der Waals surface area contributed by atoms with E-state index in [-0.39, 0.29) is 17.7 Å². The highest BCUT2D eigenvalue weighted by atomic mass is 79.9. The minimum absolute atomic E-state index is 0.0140. The fourth-order valence-electron chi connectivity index (χ4n) is 5.20. The van der Waals surface area contributed by atoms with Gasteiger partial charge in [0.2, 0.25) is 5.91 Å². The molecule has 1 heterocycles. The maximum atomic E-state index is 13.3. The molecule has 0 radical (unpaired) electrons. The zero-order valence-corrected chi connectivity index (χ0v) is 20.3. The number of carbonyl (C=O) groups excluding carboxylic acids is 1. The van der Waals surface area contributed by atoms with Crippen molar-refractivity contribution in [2.24, 2.45) is 0 Å². The molecule has 0 bridgehead atoms. The highest BCUT2D eigenvalue weighted by Crippen LogP contribution is 2.52. The summed E-state index contributed by atoms with van der Waals surface area (Å²) in [5, 5.41) is 5.62. The third-order valence-electron chi connectivity index (χ3n) is 6.58. The second-order valence-electron chi connectivity index (χ2n) is 8.50. The normalized spacial score (nSPS) is 18.9. The molecule has 4 aromatic carbocycles. The van der Waals surface area contributed by atoms with E-state index >= 15 is 0 Å². The Morgan fingerprint density at radius 3 is 2.44 bits per heavy atom. The molecule has 1 N–H and O–H groups in total. The molecule has 0 saturated carbocycles. The van der Waals surface area contributed by atoms with Gasteiger partial charge < -0.3 is 5.32 Å². The van der Waals surface area contributed by atoms with E-state index in [0.29, 0.717) is 0 Å². The number of carbonyl (C=O) groups is 1. The van der Waals surface area contributed by atoms with Gasteiger partial charge in [0.05, 0.1) is 11.6 Å². The molecule has 0 spiro atoms. The number of anilines is 1. The van der Waals surface area contributed by atoms with Crippen molar-refractivity contribution in [3.05, 3.63) is 116 Å². The Labute approximate surface area is 203 Å². The third-order valence-corrected chi connectivity index (χ3v) is 7.66. The number of hydrogen-bond acceptors (Lipinski definition) is 1. The standard InChI is InChI=1S/C28H19Br2NO/c29-21-14-23-26(28(32)31-27(23)24(30)15-21)25-20(13-19-7-3-4-8-22(19)25)12-16-9-10-17-5-1-2-6-18(17)11-16/h1-11,13-15,25-26H,12H2,(H,31,32). The van der Waals surface area contributed by atoms with Gasteiger partial charge in [-0.05, 0) is 67.5 Å². The molecular weight excluding hydrogens is 526 g/mol. The Morgan fingerprint density at radius 1 is 0.781 bits per heavy atom. The summed E-state index contributed by atoms with van der Waals surface area (Å²) in [5.74, 6) is -0.181. The van der Waals surface area contributed by atoms with Crippen LogP contribution in [-0.2, 0) is 11.2 Å². The first-order chi connectivity index (χ1) is 15.6. The Balaban J connectivity index is 1.45. The fraction of sp³-hybridized carbons (Fsp3) is 0.107. The molecule has 4 heteroatoms. The lowest BCUT2D eigenvalue weighted by molar-refractivity contribution is -0.117. The van der Waals surface area contributed by atoms with Crippen molar-refractivity contribution in [3.63, 3.8) is 0 Å². The summed E-state index contributed by atoms with van der Waals surface area (Å²) in [6.45, 7) is 0. The van der Waals surface area contributed by atoms with Gasteiger partial charge in [0.25, 0.3) is 0 Å². The number of allylic oxidation sites excluding steroid dienone is 1. The zero-order valence-electron chi connectivity index (χ0n) is 17.1. The van der Waals surface area contributed by atoms with E-state index in [2.05, 4.69) is 116 Å². The quantitative estimate of drug-likeness (QED) is 0.280. The summed E-state index contributed by atoms with van der Waals surface area (Å²) in [7, 11) is 0. The zero-order chi connectivity index (χ0) is 21.8. The van der Waals surface area contributed by atoms with Gasteiger partial charge in [-0.1, -0.05) is 94.3 Å². The van der Waals surface area contributed by atoms with E-state index in [1.807, 2.05) is 6.07 Å². The molecule has 2 unspecified atom stereocenters. The van der Waals surface area contributed by atoms with E-state index < -0.39 is 0 Å². The SMILES string of the molecule is O=C1Nc2c(Br)cc(Br)cc2C1C1C(Cc2ccc3ccccc3c2)=Cc2ccccc21. The molecule has 0 aromatic heterocycles. The van der Waals surface area contributed by atoms with Crippen molar-refractivity contribution in [1.29, 1.82) is 0 Å². The number of benzene rings is 4. The van der Waals surface area contributed by atoms with Crippen LogP contribution in [0.4, 0.5) is 5.69 Å². The Bertz CT molecular complexity index is 1440. The molecule has 2 atom stereocenters. The molecular formula is C28H19Br2NO. The average molecular weight is 545 g/mol. The van der Waals surface area contributed by atoms with E-state index in [4.69, 9.17) is 0 Å². The first-order valence-corrected chi connectivity index (χ1v) is 12.2. The molecule has 6 rings (SSSR count). The van der Waals surface area contributed by atoms with E-state index in [1.165, 1.54) is 33.0 Å². The van der Waals surface area contributed by atoms with Crippen LogP contribution in [0, 0.1) is 0 Å². The number of nitrogens with one attached hydrogen (secondary N) is 1. The number of rotatable bonds is 3. The van der Waals surface area contributed by atoms with Crippen molar-refractivity contribution >= 4 is 60.3 Å². The number of halogens is 2. The minimum atomic E-state index is -0.255. The first-order valence-electron chi connectivity index (χ1n) is 10.7. The van der Waals surface area contributed by atoms with Crippen LogP contribution >= 0.6 is 31.9 Å². The molecule has 0 saturated heterocycles. The molecule has 0 fully saturated rings. The predicted octanol–water partition coefficient (Wildman–Crippen LogP) is 7.82. The van der Waals surface area contributed by atoms with Crippen LogP contribution in [0.1, 0.15) is 34.1 Å². The van der Waals surface area contributed by atoms with Gasteiger partial charge in [0, 0.05) is 14.9 Å². The summed E-state index contributed by atoms with van der Waals surface area (Å²) in [4.78, 5) is 13.3. The van der Waals surface area contributed by atoms with Crippen LogP contribution in [0.25, 0.3) is 16.8 Å². The Kier molecular flexibility index (Phi) is 4.81. The van der Waals surface area contributed by atoms with Gasteiger partial charge in [-0.15, -0.1) is 0 Å². The summed E-state index contributed by atoms with van der Waals surface area (Å²) < 4.78 is 1.88. The van der Waals surface area contributed by atoms with Crippen LogP contribution < -0.4 is 5.32 Å². The molecule has 1 amide bonds. The monoisotopic (exact) mass is 543 g/mol. The van der Waals surface area contributed by atoms with E-state index in [9.17, 15) is 4.79 Å². The van der Waals surface area contributed by atoms with Crippen molar-refractivity contribution in [2.45, 2.75) is 18.3 Å². The fourth-order valence-corrected chi connectivity index (χ4v) is 6.56. The molecule has 1 aliphatic carbocycles. The van der Waals surface area contributed by atoms with Crippen LogP contribution in [0.2, 0.25) is 0 Å². The second kappa shape index (κ2) is 7.72. The second-order valence-corrected chi connectivity index (χ2v) is 10.3. The van der Waals surface area contributed by atoms with Gasteiger partial charge in [0.1, 0.15) is 0 Å². The maximum Gasteiger partial charge on any atom is 0.232 e. The molecule has 4 aromatic rings. The first kappa shape index (κ1) is 20.0. The minimum Gasteiger partial charge on any atom is -0.324 e. The summed E-state index contributed by atoms with van der Waals surface area (Å²) >= 11 is 7.24. The lowest BCUT2D eigenvalue weighted by Gasteiger charge is -2.23. The maximum absolute atomic E-state index is 13.3. The topological polar surface area (TPSA) is 29.1 Å². The summed E-state index contributed by atoms with van der Waals surface area (Å²) in [5.41, 5.74) is 6.92. The molecule has 156 valence electrons. The number of hydrogen-bond donors (Lipinski definition) is 1. The largest absolute Gasteiger partial charge is 0.324 e. The van der Waals surface area contributed by atoms with Crippen molar-refractivity contribution in [1.82, 2.24) is 0 Å². The van der Waals surface area contributed by atoms with Gasteiger partial charge in [-0.3, -0.25) is 4.79 Å². The van der Waals surface area contributed by atoms with Gasteiger partial charge in [-0.25, -0.2) is 0 Å². The van der Waals surface area contributed by atoms with Crippen molar-refractivity contribution in [3.8, 4) is 0 Å². The lowest BCUT2D eigenvalue weighted by Crippen LogP contribution is -2.20. The average Bonchev–Trinajstić information content (AvgIpc) is 3.30. The molecule has 2 nitrogen and oxygen atoms in total. The summed E-state index contributed by atoms with van der Waals surface area (Å²) in [6, 6.07) is 27.6. The third kappa shape index (κ3) is 3.25. The summed E-state index contributed by atoms with van der Waals surface area (Å²) in [6.07, 6.45) is 3.10. The molecule has 2 aliphatic rings. The number of fused-ring (bicyclic) bond motifs is 3. The Morgan fingerprint density at radius 2 is 1.56 bits per heavy atom. The predicted molar refractivity (Wildman–Crippen MR) is 138 cm³/mol. The van der Waals surface area contributed by atoms with Gasteiger partial charge in [0.15, 0.2) is 0 Å². The molecule has 32 heavy (non-hydrogen) atoms. The van der Waals surface area contributed by atoms with Gasteiger partial charge >= 0.3 is 0 Å². The van der Waals surface area contributed by atoms with Crippen LogP contribution in [0.3, 0.4) is 0 Å². The van der Waals surface area contributed by atoms with Crippen LogP contribution in [0.5, 0.6) is 0 Å². The lowest BCUT2D eigenvalue weighted by atomic mass is 9.78. The van der Waals surface area contributed by atoms with Crippen LogP contribution in [-0.4, -0.2) is 5.91 Å². The van der Waals surface area contributed by atoms with Crippen molar-refractivity contribution < 1.29 is 4.79 Å². The Hall–Kier alpha value is -2.69. The smallest absolute Gasteiger partial charge is 0.232 e. The number of amides is 1. The van der Waals surface area contributed by atoms with E-state index in [1.54, 1.807) is 0 Å². The molecule has 1 aliphatic heterocycles. The van der Waals surface area contributed by atoms with Crippen molar-refractivity contribution in [2.75, 3.05) is 5.32 Å². The van der Waals surface area contributed by atoms with E-state index in [0.717, 1.165) is 26.6 Å².